The highest BCUT2D eigenvalue weighted by atomic mass is 32.2. The van der Waals surface area contributed by atoms with Crippen molar-refractivity contribution in [2.75, 3.05) is 5.75 Å². The molecule has 0 bridgehead atoms. The number of aryl methyl sites for hydroxylation is 2. The molecule has 0 spiro atoms. The van der Waals surface area contributed by atoms with Crippen LogP contribution >= 0.6 is 46.2 Å². The average Bonchev–Trinajstić information content (AvgIpc) is 3.08. The van der Waals surface area contributed by atoms with E-state index in [2.05, 4.69) is 30.6 Å². The van der Waals surface area contributed by atoms with Crippen molar-refractivity contribution in [2.45, 2.75) is 61.5 Å². The van der Waals surface area contributed by atoms with E-state index in [0.29, 0.717) is 5.92 Å². The van der Waals surface area contributed by atoms with E-state index in [1.807, 2.05) is 34.4 Å². The molecule has 22 heavy (non-hydrogen) atoms. The summed E-state index contributed by atoms with van der Waals surface area (Å²) in [6.45, 7) is 4.49. The minimum atomic E-state index is 0.587. The summed E-state index contributed by atoms with van der Waals surface area (Å²) >= 11 is 7.92. The van der Waals surface area contributed by atoms with Gasteiger partial charge in [-0.1, -0.05) is 6.92 Å². The normalized spacial score (nSPS) is 22.2. The first-order valence-corrected chi connectivity index (χ1v) is 11.5. The number of fused-ring (bicyclic) bond motifs is 2. The maximum Gasteiger partial charge on any atom is 0.110 e. The van der Waals surface area contributed by atoms with Gasteiger partial charge in [-0.2, -0.15) is 11.8 Å². The van der Waals surface area contributed by atoms with Crippen LogP contribution in [0.5, 0.6) is 0 Å². The summed E-state index contributed by atoms with van der Waals surface area (Å²) < 4.78 is 0. The Balaban J connectivity index is 1.44. The van der Waals surface area contributed by atoms with Crippen LogP contribution in [0.15, 0.2) is 5.03 Å². The Hall–Kier alpha value is -0.0400. The van der Waals surface area contributed by atoms with Gasteiger partial charge in [0.15, 0.2) is 0 Å². The highest BCUT2D eigenvalue weighted by molar-refractivity contribution is 7.99. The predicted octanol–water partition coefficient (Wildman–Crippen LogP) is 5.30. The Kier molecular flexibility index (Phi) is 4.55. The first-order chi connectivity index (χ1) is 10.7. The van der Waals surface area contributed by atoms with Gasteiger partial charge in [-0.25, -0.2) is 9.97 Å². The van der Waals surface area contributed by atoms with Gasteiger partial charge in [-0.15, -0.1) is 34.4 Å². The molecule has 2 aromatic heterocycles. The minimum Gasteiger partial charge on any atom is -0.245 e. The lowest BCUT2D eigenvalue weighted by Gasteiger charge is -2.23. The van der Waals surface area contributed by atoms with Crippen molar-refractivity contribution in [2.24, 2.45) is 0 Å². The zero-order chi connectivity index (χ0) is 15.1. The van der Waals surface area contributed by atoms with Crippen molar-refractivity contribution < 1.29 is 0 Å². The molecule has 6 heteroatoms. The monoisotopic (exact) mass is 368 g/mol. The lowest BCUT2D eigenvalue weighted by Crippen LogP contribution is -2.15. The SMILES string of the molecule is Cc1nc2c(s1)CC(CC(C)c1nc3c(s1)CCCS3)SC2. The summed E-state index contributed by atoms with van der Waals surface area (Å²) in [6.07, 6.45) is 5.02. The molecule has 4 rings (SSSR count). The van der Waals surface area contributed by atoms with Crippen molar-refractivity contribution in [3.63, 3.8) is 0 Å². The van der Waals surface area contributed by atoms with Gasteiger partial charge in [0.2, 0.25) is 0 Å². The average molecular weight is 369 g/mol. The van der Waals surface area contributed by atoms with Crippen molar-refractivity contribution >= 4 is 46.2 Å². The number of aromatic nitrogens is 2. The Morgan fingerprint density at radius 3 is 3.00 bits per heavy atom. The van der Waals surface area contributed by atoms with Crippen LogP contribution in [0.25, 0.3) is 0 Å². The fourth-order valence-electron chi connectivity index (χ4n) is 3.13. The third-order valence-corrected chi connectivity index (χ3v) is 9.14. The first-order valence-electron chi connectivity index (χ1n) is 7.88. The quantitative estimate of drug-likeness (QED) is 0.734. The molecule has 0 saturated carbocycles. The van der Waals surface area contributed by atoms with Crippen LogP contribution in [-0.4, -0.2) is 21.0 Å². The predicted molar refractivity (Wildman–Crippen MR) is 99.8 cm³/mol. The van der Waals surface area contributed by atoms with Gasteiger partial charge in [0.25, 0.3) is 0 Å². The number of thioether (sulfide) groups is 2. The molecule has 118 valence electrons. The van der Waals surface area contributed by atoms with Crippen LogP contribution in [-0.2, 0) is 18.6 Å². The largest absolute Gasteiger partial charge is 0.245 e. The second kappa shape index (κ2) is 6.46. The van der Waals surface area contributed by atoms with Crippen LogP contribution in [0, 0.1) is 6.92 Å². The van der Waals surface area contributed by atoms with Crippen molar-refractivity contribution in [1.82, 2.24) is 9.97 Å². The molecule has 0 saturated heterocycles. The van der Waals surface area contributed by atoms with Gasteiger partial charge in [-0.3, -0.25) is 0 Å². The number of thiazole rings is 2. The summed E-state index contributed by atoms with van der Waals surface area (Å²) in [5.41, 5.74) is 1.34. The number of rotatable bonds is 3. The first kappa shape index (κ1) is 15.5. The lowest BCUT2D eigenvalue weighted by molar-refractivity contribution is 0.636. The molecule has 0 amide bonds. The van der Waals surface area contributed by atoms with E-state index in [0.717, 1.165) is 11.0 Å². The minimum absolute atomic E-state index is 0.587. The maximum absolute atomic E-state index is 4.93. The van der Waals surface area contributed by atoms with Crippen LogP contribution < -0.4 is 0 Å². The number of hydrogen-bond donors (Lipinski definition) is 0. The Morgan fingerprint density at radius 1 is 1.23 bits per heavy atom. The summed E-state index contributed by atoms with van der Waals surface area (Å²) in [5, 5.41) is 4.65. The van der Waals surface area contributed by atoms with E-state index < -0.39 is 0 Å². The molecule has 2 atom stereocenters. The molecule has 2 aromatic rings. The third kappa shape index (κ3) is 3.12. The summed E-state index contributed by atoms with van der Waals surface area (Å²) in [7, 11) is 0. The smallest absolute Gasteiger partial charge is 0.110 e. The van der Waals surface area contributed by atoms with Crippen LogP contribution in [0.2, 0.25) is 0 Å². The molecule has 0 fully saturated rings. The molecule has 4 heterocycles. The number of nitrogens with zero attached hydrogens (tertiary/aromatic N) is 2. The molecular weight excluding hydrogens is 348 g/mol. The Morgan fingerprint density at radius 2 is 2.14 bits per heavy atom. The van der Waals surface area contributed by atoms with Gasteiger partial charge in [-0.05, 0) is 38.4 Å². The fourth-order valence-corrected chi connectivity index (χ4v) is 8.04. The molecule has 2 aliphatic rings. The van der Waals surface area contributed by atoms with Crippen molar-refractivity contribution in [1.29, 1.82) is 0 Å². The second-order valence-corrected chi connectivity index (χ2v) is 10.9. The van der Waals surface area contributed by atoms with Gasteiger partial charge < -0.3 is 0 Å². The zero-order valence-corrected chi connectivity index (χ0v) is 16.2. The molecule has 0 radical (unpaired) electrons. The molecule has 2 unspecified atom stereocenters. The molecule has 2 nitrogen and oxygen atoms in total. The zero-order valence-electron chi connectivity index (χ0n) is 12.9. The van der Waals surface area contributed by atoms with Gasteiger partial charge in [0.1, 0.15) is 5.03 Å². The van der Waals surface area contributed by atoms with Crippen molar-refractivity contribution in [3.8, 4) is 0 Å². The molecule has 0 N–H and O–H groups in total. The Bertz CT molecular complexity index is 652. The van der Waals surface area contributed by atoms with E-state index in [9.17, 15) is 0 Å². The molecule has 0 aromatic carbocycles. The van der Waals surface area contributed by atoms with E-state index in [-0.39, 0.29) is 0 Å². The van der Waals surface area contributed by atoms with Gasteiger partial charge in [0, 0.05) is 26.7 Å². The topological polar surface area (TPSA) is 25.8 Å². The van der Waals surface area contributed by atoms with E-state index in [1.54, 1.807) is 0 Å². The van der Waals surface area contributed by atoms with Crippen LogP contribution in [0.3, 0.4) is 0 Å². The number of hydrogen-bond acceptors (Lipinski definition) is 6. The molecular formula is C16H20N2S4. The summed E-state index contributed by atoms with van der Waals surface area (Å²) in [5.74, 6) is 2.93. The standard InChI is InChI=1S/C16H20N2S4/c1-9(15-18-16-13(22-15)4-3-5-19-16)6-11-7-14-12(8-20-11)17-10(2)21-14/h9,11H,3-8H2,1-2H3. The fraction of sp³-hybridized carbons (Fsp3) is 0.625. The van der Waals surface area contributed by atoms with Gasteiger partial charge >= 0.3 is 0 Å². The maximum atomic E-state index is 4.93. The van der Waals surface area contributed by atoms with Crippen molar-refractivity contribution in [3.05, 3.63) is 25.5 Å². The lowest BCUT2D eigenvalue weighted by atomic mass is 10.0. The second-order valence-electron chi connectivity index (χ2n) is 6.11. The molecule has 0 aliphatic carbocycles. The summed E-state index contributed by atoms with van der Waals surface area (Å²) in [4.78, 5) is 12.6. The highest BCUT2D eigenvalue weighted by Crippen LogP contribution is 2.40. The van der Waals surface area contributed by atoms with E-state index >= 15 is 0 Å². The third-order valence-electron chi connectivity index (χ3n) is 4.26. The van der Waals surface area contributed by atoms with E-state index in [4.69, 9.17) is 4.98 Å². The van der Waals surface area contributed by atoms with Crippen LogP contribution in [0.1, 0.15) is 51.1 Å². The Labute approximate surface area is 148 Å². The summed E-state index contributed by atoms with van der Waals surface area (Å²) in [6, 6.07) is 0. The highest BCUT2D eigenvalue weighted by Gasteiger charge is 2.26. The van der Waals surface area contributed by atoms with Crippen LogP contribution in [0.4, 0.5) is 0 Å². The molecule has 2 aliphatic heterocycles. The van der Waals surface area contributed by atoms with Gasteiger partial charge in [0.05, 0.1) is 15.7 Å². The van der Waals surface area contributed by atoms with E-state index in [1.165, 1.54) is 61.9 Å².